The Kier molecular flexibility index (Phi) is 14.4. The monoisotopic (exact) mass is 515 g/mol. The van der Waals surface area contributed by atoms with E-state index in [4.69, 9.17) is 4.98 Å². The third kappa shape index (κ3) is 7.96. The lowest BCUT2D eigenvalue weighted by Crippen LogP contribution is -1.77. The van der Waals surface area contributed by atoms with E-state index in [2.05, 4.69) is 35.4 Å². The van der Waals surface area contributed by atoms with Crippen LogP contribution in [0.4, 0.5) is 11.4 Å². The number of benzene rings is 4. The van der Waals surface area contributed by atoms with Gasteiger partial charge in [0.2, 0.25) is 0 Å². The van der Waals surface area contributed by atoms with Crippen LogP contribution in [-0.2, 0) is 0 Å². The fraction of sp³-hybridized carbons (Fsp3) is 0.281. The maximum atomic E-state index is 10.5. The van der Waals surface area contributed by atoms with Gasteiger partial charge in [0, 0.05) is 10.9 Å². The van der Waals surface area contributed by atoms with Crippen LogP contribution in [0.1, 0.15) is 61.0 Å². The van der Waals surface area contributed by atoms with Crippen molar-refractivity contribution in [2.75, 3.05) is 0 Å². The summed E-state index contributed by atoms with van der Waals surface area (Å²) < 4.78 is 1.19. The molecule has 37 heavy (non-hydrogen) atoms. The first kappa shape index (κ1) is 31.5. The predicted molar refractivity (Wildman–Crippen MR) is 165 cm³/mol. The zero-order chi connectivity index (χ0) is 27.8. The standard InChI is InChI=1S/C24H17N3OS.4C2H6/c1-15-5-4-8-21-22(15)25-24(29-21)17-9-12-18(13-10-17)26-27-20-14-11-16-6-2-3-7-19(16)23(20)28;4*1-2/h2-14,28H,1H3;4*1-2H3. The number of aromatic nitrogens is 1. The summed E-state index contributed by atoms with van der Waals surface area (Å²) in [6.45, 7) is 18.1. The number of aromatic hydroxyl groups is 1. The number of azo groups is 1. The molecule has 0 atom stereocenters. The number of rotatable bonds is 3. The van der Waals surface area contributed by atoms with Gasteiger partial charge in [-0.3, -0.25) is 0 Å². The molecule has 0 amide bonds. The van der Waals surface area contributed by atoms with Crippen LogP contribution in [0.3, 0.4) is 0 Å². The number of thiazole rings is 1. The van der Waals surface area contributed by atoms with Crippen LogP contribution in [0.5, 0.6) is 5.75 Å². The Bertz CT molecular complexity index is 1370. The fourth-order valence-corrected chi connectivity index (χ4v) is 4.37. The van der Waals surface area contributed by atoms with Crippen molar-refractivity contribution in [3.63, 3.8) is 0 Å². The number of aryl methyl sites for hydroxylation is 1. The molecule has 0 unspecified atom stereocenters. The molecule has 0 spiro atoms. The van der Waals surface area contributed by atoms with Crippen LogP contribution in [0, 0.1) is 6.92 Å². The van der Waals surface area contributed by atoms with Crippen molar-refractivity contribution in [1.29, 1.82) is 0 Å². The second-order valence-corrected chi connectivity index (χ2v) is 7.87. The Balaban J connectivity index is 0.000000784. The molecule has 0 aliphatic rings. The van der Waals surface area contributed by atoms with Gasteiger partial charge in [-0.1, -0.05) is 97.9 Å². The van der Waals surface area contributed by atoms with Gasteiger partial charge in [0.05, 0.1) is 15.9 Å². The molecule has 5 heteroatoms. The number of fused-ring (bicyclic) bond motifs is 2. The zero-order valence-electron chi connectivity index (χ0n) is 23.7. The van der Waals surface area contributed by atoms with E-state index in [0.29, 0.717) is 5.69 Å². The van der Waals surface area contributed by atoms with Crippen molar-refractivity contribution in [2.45, 2.75) is 62.3 Å². The van der Waals surface area contributed by atoms with Crippen molar-refractivity contribution < 1.29 is 5.11 Å². The molecule has 5 rings (SSSR count). The Labute approximate surface area is 226 Å². The molecule has 0 bridgehead atoms. The molecule has 1 aromatic heterocycles. The number of para-hydroxylation sites is 1. The summed E-state index contributed by atoms with van der Waals surface area (Å²) in [6, 6.07) is 25.4. The second kappa shape index (κ2) is 17.0. The maximum absolute atomic E-state index is 10.5. The highest BCUT2D eigenvalue weighted by molar-refractivity contribution is 7.21. The molecule has 1 heterocycles. The predicted octanol–water partition coefficient (Wildman–Crippen LogP) is 11.7. The van der Waals surface area contributed by atoms with Crippen LogP contribution in [0.2, 0.25) is 0 Å². The van der Waals surface area contributed by atoms with Gasteiger partial charge in [0.1, 0.15) is 10.7 Å². The highest BCUT2D eigenvalue weighted by Gasteiger charge is 2.08. The third-order valence-electron chi connectivity index (χ3n) is 4.89. The minimum atomic E-state index is 0.147. The third-order valence-corrected chi connectivity index (χ3v) is 5.96. The van der Waals surface area contributed by atoms with Crippen molar-refractivity contribution in [1.82, 2.24) is 4.98 Å². The summed E-state index contributed by atoms with van der Waals surface area (Å²) in [5.74, 6) is 0.147. The molecule has 0 aliphatic heterocycles. The minimum Gasteiger partial charge on any atom is -0.505 e. The summed E-state index contributed by atoms with van der Waals surface area (Å²) in [4.78, 5) is 4.78. The maximum Gasteiger partial charge on any atom is 0.150 e. The lowest BCUT2D eigenvalue weighted by Gasteiger charge is -2.03. The molecule has 4 aromatic carbocycles. The van der Waals surface area contributed by atoms with Gasteiger partial charge < -0.3 is 5.11 Å². The van der Waals surface area contributed by atoms with Gasteiger partial charge in [-0.2, -0.15) is 5.11 Å². The van der Waals surface area contributed by atoms with E-state index in [1.165, 1.54) is 10.3 Å². The fourth-order valence-electron chi connectivity index (χ4n) is 3.32. The Hall–Kier alpha value is -3.57. The van der Waals surface area contributed by atoms with E-state index in [9.17, 15) is 5.11 Å². The first-order valence-corrected chi connectivity index (χ1v) is 14.1. The molecule has 0 saturated carbocycles. The molecule has 0 radical (unpaired) electrons. The zero-order valence-corrected chi connectivity index (χ0v) is 24.5. The van der Waals surface area contributed by atoms with Crippen LogP contribution in [0.25, 0.3) is 31.6 Å². The van der Waals surface area contributed by atoms with Gasteiger partial charge >= 0.3 is 0 Å². The lowest BCUT2D eigenvalue weighted by molar-refractivity contribution is 0.482. The number of nitrogens with zero attached hydrogens (tertiary/aromatic N) is 3. The average Bonchev–Trinajstić information content (AvgIpc) is 3.43. The first-order valence-electron chi connectivity index (χ1n) is 13.3. The molecule has 0 saturated heterocycles. The van der Waals surface area contributed by atoms with Gasteiger partial charge in [-0.15, -0.1) is 16.5 Å². The summed E-state index contributed by atoms with van der Waals surface area (Å²) in [7, 11) is 0. The van der Waals surface area contributed by atoms with Crippen molar-refractivity contribution in [3.05, 3.63) is 84.4 Å². The number of hydrogen-bond acceptors (Lipinski definition) is 5. The Morgan fingerprint density at radius 3 is 1.97 bits per heavy atom. The molecule has 4 nitrogen and oxygen atoms in total. The topological polar surface area (TPSA) is 57.8 Å². The van der Waals surface area contributed by atoms with E-state index in [1.54, 1.807) is 17.4 Å². The largest absolute Gasteiger partial charge is 0.505 e. The van der Waals surface area contributed by atoms with Gasteiger partial charge in [0.15, 0.2) is 5.75 Å². The van der Waals surface area contributed by atoms with Crippen LogP contribution in [0.15, 0.2) is 89.1 Å². The van der Waals surface area contributed by atoms with E-state index in [-0.39, 0.29) is 5.75 Å². The smallest absolute Gasteiger partial charge is 0.150 e. The lowest BCUT2D eigenvalue weighted by atomic mass is 10.1. The Morgan fingerprint density at radius 1 is 0.676 bits per heavy atom. The quantitative estimate of drug-likeness (QED) is 0.243. The highest BCUT2D eigenvalue weighted by Crippen LogP contribution is 2.36. The number of phenols is 1. The molecular formula is C32H41N3OS. The molecule has 1 N–H and O–H groups in total. The van der Waals surface area contributed by atoms with Crippen LogP contribution < -0.4 is 0 Å². The van der Waals surface area contributed by atoms with E-state index < -0.39 is 0 Å². The summed E-state index contributed by atoms with van der Waals surface area (Å²) in [6.07, 6.45) is 0. The van der Waals surface area contributed by atoms with Gasteiger partial charge in [-0.05, 0) is 54.3 Å². The SMILES string of the molecule is CC.CC.CC.CC.Cc1cccc2sc(-c3ccc(N=Nc4ccc5ccccc5c4O)cc3)nc12. The highest BCUT2D eigenvalue weighted by atomic mass is 32.1. The van der Waals surface area contributed by atoms with E-state index in [1.807, 2.05) is 110 Å². The van der Waals surface area contributed by atoms with Crippen LogP contribution >= 0.6 is 11.3 Å². The summed E-state index contributed by atoms with van der Waals surface area (Å²) in [5.41, 5.74) is 4.47. The normalized spacial score (nSPS) is 9.76. The second-order valence-electron chi connectivity index (χ2n) is 6.84. The molecule has 0 aliphatic carbocycles. The number of phenolic OH excluding ortho intramolecular Hbond substituents is 1. The van der Waals surface area contributed by atoms with Gasteiger partial charge in [0.25, 0.3) is 0 Å². The van der Waals surface area contributed by atoms with E-state index in [0.717, 1.165) is 32.5 Å². The van der Waals surface area contributed by atoms with Crippen molar-refractivity contribution in [2.24, 2.45) is 10.2 Å². The molecule has 196 valence electrons. The Morgan fingerprint density at radius 2 is 1.32 bits per heavy atom. The van der Waals surface area contributed by atoms with Crippen molar-refractivity contribution in [3.8, 4) is 16.3 Å². The summed E-state index contributed by atoms with van der Waals surface area (Å²) in [5, 5.41) is 21.7. The molecular weight excluding hydrogens is 474 g/mol. The van der Waals surface area contributed by atoms with Crippen molar-refractivity contribution >= 4 is 43.7 Å². The van der Waals surface area contributed by atoms with Crippen LogP contribution in [-0.4, -0.2) is 10.1 Å². The van der Waals surface area contributed by atoms with Gasteiger partial charge in [-0.25, -0.2) is 4.98 Å². The summed E-state index contributed by atoms with van der Waals surface area (Å²) >= 11 is 1.69. The molecule has 0 fully saturated rings. The van der Waals surface area contributed by atoms with E-state index >= 15 is 0 Å². The molecule has 5 aromatic rings. The first-order chi connectivity index (χ1) is 18.2. The average molecular weight is 516 g/mol. The number of hydrogen-bond donors (Lipinski definition) is 1. The minimum absolute atomic E-state index is 0.147.